The van der Waals surface area contributed by atoms with Crippen LogP contribution in [0.15, 0.2) is 18.2 Å². The molecular formula is C20H26ClF3O5. The lowest BCUT2D eigenvalue weighted by Crippen LogP contribution is -2.43. The minimum atomic E-state index is -4.47. The number of carbonyl (C=O) groups is 2. The van der Waals surface area contributed by atoms with Gasteiger partial charge in [0.05, 0.1) is 11.7 Å². The molecule has 0 saturated carbocycles. The van der Waals surface area contributed by atoms with Gasteiger partial charge in [-0.05, 0) is 43.9 Å². The van der Waals surface area contributed by atoms with Crippen LogP contribution in [-0.2, 0) is 22.2 Å². The number of aliphatic hydroxyl groups excluding tert-OH is 1. The van der Waals surface area contributed by atoms with Crippen molar-refractivity contribution >= 4 is 23.4 Å². The number of aliphatic hydroxyl groups is 2. The second kappa shape index (κ2) is 10.9. The number of halogens is 4. The molecule has 0 spiro atoms. The zero-order valence-electron chi connectivity index (χ0n) is 16.1. The minimum Gasteiger partial charge on any atom is -0.479 e. The Kier molecular flexibility index (Phi) is 9.58. The number of carbonyl (C=O) groups excluding carboxylic acids is 1. The number of carboxylic acids is 1. The third-order valence-corrected chi connectivity index (χ3v) is 4.86. The number of alkyl halides is 3. The van der Waals surface area contributed by atoms with E-state index >= 15 is 0 Å². The molecule has 0 heterocycles. The topological polar surface area (TPSA) is 94.8 Å². The van der Waals surface area contributed by atoms with Gasteiger partial charge in [0.2, 0.25) is 0 Å². The van der Waals surface area contributed by atoms with Crippen LogP contribution in [0.5, 0.6) is 0 Å². The molecule has 0 radical (unpaired) electrons. The van der Waals surface area contributed by atoms with Crippen LogP contribution in [-0.4, -0.2) is 38.8 Å². The normalized spacial score (nSPS) is 15.0. The summed E-state index contributed by atoms with van der Waals surface area (Å²) in [4.78, 5) is 22.3. The Hall–Kier alpha value is -1.64. The number of hydrogen-bond acceptors (Lipinski definition) is 4. The minimum absolute atomic E-state index is 0.0288. The van der Waals surface area contributed by atoms with E-state index in [0.717, 1.165) is 13.0 Å². The molecular weight excluding hydrogens is 413 g/mol. The Morgan fingerprint density at radius 2 is 1.76 bits per heavy atom. The van der Waals surface area contributed by atoms with Crippen LogP contribution in [0.25, 0.3) is 0 Å². The molecule has 1 rings (SSSR count). The second-order valence-electron chi connectivity index (χ2n) is 7.33. The predicted molar refractivity (Wildman–Crippen MR) is 102 cm³/mol. The van der Waals surface area contributed by atoms with Crippen LogP contribution in [0.2, 0.25) is 5.02 Å². The fraction of sp³-hybridized carbons (Fsp3) is 0.600. The molecule has 29 heavy (non-hydrogen) atoms. The van der Waals surface area contributed by atoms with Crippen molar-refractivity contribution in [3.63, 3.8) is 0 Å². The number of ketones is 1. The first kappa shape index (κ1) is 25.4. The van der Waals surface area contributed by atoms with E-state index in [1.807, 2.05) is 0 Å². The fourth-order valence-corrected chi connectivity index (χ4v) is 3.39. The summed E-state index contributed by atoms with van der Waals surface area (Å²) in [6.07, 6.45) is -3.84. The molecule has 3 N–H and O–H groups in total. The van der Waals surface area contributed by atoms with Gasteiger partial charge in [0.15, 0.2) is 5.60 Å². The van der Waals surface area contributed by atoms with E-state index in [1.54, 1.807) is 0 Å². The molecule has 0 aliphatic rings. The Labute approximate surface area is 172 Å². The van der Waals surface area contributed by atoms with Crippen molar-refractivity contribution in [2.24, 2.45) is 0 Å². The van der Waals surface area contributed by atoms with E-state index in [9.17, 15) is 33.0 Å². The van der Waals surface area contributed by atoms with Crippen molar-refractivity contribution in [3.8, 4) is 0 Å². The summed E-state index contributed by atoms with van der Waals surface area (Å²) in [6.45, 7) is 1.16. The second-order valence-corrected chi connectivity index (χ2v) is 7.76. The molecule has 2 unspecified atom stereocenters. The molecule has 9 heteroatoms. The zero-order chi connectivity index (χ0) is 22.2. The summed E-state index contributed by atoms with van der Waals surface area (Å²) < 4.78 is 39.1. The first-order chi connectivity index (χ1) is 13.3. The molecule has 0 bridgehead atoms. The van der Waals surface area contributed by atoms with Gasteiger partial charge in [-0.25, -0.2) is 4.79 Å². The Bertz CT molecular complexity index is 708. The maximum absolute atomic E-state index is 13.0. The van der Waals surface area contributed by atoms with Crippen molar-refractivity contribution in [2.75, 3.05) is 0 Å². The predicted octanol–water partition coefficient (Wildman–Crippen LogP) is 4.40. The third-order valence-electron chi connectivity index (χ3n) is 4.62. The SMILES string of the molecule is CC(=O)CC(O)(CC(O)CCCCCCc1ccc(Cl)cc1C(F)(F)F)C(=O)O. The first-order valence-corrected chi connectivity index (χ1v) is 9.72. The van der Waals surface area contributed by atoms with Gasteiger partial charge in [0.25, 0.3) is 0 Å². The number of rotatable bonds is 12. The maximum atomic E-state index is 13.0. The number of carboxylic acid groups (broad SMARTS) is 1. The summed E-state index contributed by atoms with van der Waals surface area (Å²) in [5.41, 5.74) is -2.86. The smallest absolute Gasteiger partial charge is 0.416 e. The average molecular weight is 439 g/mol. The standard InChI is InChI=1S/C20H26ClF3O5/c1-13(25)11-19(29,18(27)28)12-16(26)7-5-3-2-4-6-14-8-9-15(21)10-17(14)20(22,23)24/h8-10,16,26,29H,2-7,11-12H2,1H3,(H,27,28). The highest BCUT2D eigenvalue weighted by Gasteiger charge is 2.39. The van der Waals surface area contributed by atoms with Crippen LogP contribution in [0.3, 0.4) is 0 Å². The summed E-state index contributed by atoms with van der Waals surface area (Å²) in [7, 11) is 0. The van der Waals surface area contributed by atoms with Crippen LogP contribution < -0.4 is 0 Å². The number of aryl methyl sites for hydroxylation is 1. The molecule has 0 aromatic heterocycles. The Morgan fingerprint density at radius 1 is 1.14 bits per heavy atom. The van der Waals surface area contributed by atoms with Crippen LogP contribution in [0, 0.1) is 0 Å². The van der Waals surface area contributed by atoms with Gasteiger partial charge in [0.1, 0.15) is 5.78 Å². The lowest BCUT2D eigenvalue weighted by molar-refractivity contribution is -0.164. The summed E-state index contributed by atoms with van der Waals surface area (Å²) in [5, 5.41) is 29.1. The van der Waals surface area contributed by atoms with Crippen LogP contribution >= 0.6 is 11.6 Å². The number of aliphatic carboxylic acids is 1. The van der Waals surface area contributed by atoms with Gasteiger partial charge in [-0.3, -0.25) is 4.79 Å². The van der Waals surface area contributed by atoms with Crippen LogP contribution in [0.1, 0.15) is 63.0 Å². The molecule has 0 fully saturated rings. The van der Waals surface area contributed by atoms with E-state index < -0.39 is 48.0 Å². The number of unbranched alkanes of at least 4 members (excludes halogenated alkanes) is 3. The third kappa shape index (κ3) is 8.72. The van der Waals surface area contributed by atoms with E-state index in [2.05, 4.69) is 0 Å². The number of benzene rings is 1. The molecule has 164 valence electrons. The number of Topliss-reactive ketones (excluding diaryl/α,β-unsaturated/α-hetero) is 1. The first-order valence-electron chi connectivity index (χ1n) is 9.34. The molecule has 1 aromatic rings. The quantitative estimate of drug-likeness (QED) is 0.420. The van der Waals surface area contributed by atoms with E-state index in [0.29, 0.717) is 25.7 Å². The zero-order valence-corrected chi connectivity index (χ0v) is 16.9. The van der Waals surface area contributed by atoms with Crippen molar-refractivity contribution in [2.45, 2.75) is 76.2 Å². The molecule has 0 amide bonds. The van der Waals surface area contributed by atoms with Crippen molar-refractivity contribution < 1.29 is 38.1 Å². The van der Waals surface area contributed by atoms with Crippen molar-refractivity contribution in [3.05, 3.63) is 34.3 Å². The largest absolute Gasteiger partial charge is 0.479 e. The van der Waals surface area contributed by atoms with Gasteiger partial charge >= 0.3 is 12.1 Å². The molecule has 1 aromatic carbocycles. The van der Waals surface area contributed by atoms with Gasteiger partial charge in [-0.15, -0.1) is 0 Å². The van der Waals surface area contributed by atoms with Crippen LogP contribution in [0.4, 0.5) is 13.2 Å². The molecule has 5 nitrogen and oxygen atoms in total. The molecule has 0 aliphatic carbocycles. The van der Waals surface area contributed by atoms with Gasteiger partial charge in [0, 0.05) is 17.9 Å². The van der Waals surface area contributed by atoms with Crippen molar-refractivity contribution in [1.29, 1.82) is 0 Å². The lowest BCUT2D eigenvalue weighted by atomic mass is 9.89. The maximum Gasteiger partial charge on any atom is 0.416 e. The van der Waals surface area contributed by atoms with Gasteiger partial charge in [-0.1, -0.05) is 36.9 Å². The lowest BCUT2D eigenvalue weighted by Gasteiger charge is -2.25. The highest BCUT2D eigenvalue weighted by atomic mass is 35.5. The van der Waals surface area contributed by atoms with Gasteiger partial charge < -0.3 is 15.3 Å². The summed E-state index contributed by atoms with van der Waals surface area (Å²) >= 11 is 5.65. The molecule has 2 atom stereocenters. The summed E-state index contributed by atoms with van der Waals surface area (Å²) in [5.74, 6) is -2.06. The fourth-order valence-electron chi connectivity index (χ4n) is 3.22. The highest BCUT2D eigenvalue weighted by Crippen LogP contribution is 2.34. The van der Waals surface area contributed by atoms with E-state index in [-0.39, 0.29) is 23.4 Å². The monoisotopic (exact) mass is 438 g/mol. The van der Waals surface area contributed by atoms with Gasteiger partial charge in [-0.2, -0.15) is 13.2 Å². The molecule has 0 aliphatic heterocycles. The Morgan fingerprint density at radius 3 is 2.31 bits per heavy atom. The number of hydrogen-bond donors (Lipinski definition) is 3. The molecule has 0 saturated heterocycles. The van der Waals surface area contributed by atoms with Crippen molar-refractivity contribution in [1.82, 2.24) is 0 Å². The summed E-state index contributed by atoms with van der Waals surface area (Å²) in [6, 6.07) is 3.71. The van der Waals surface area contributed by atoms with E-state index in [4.69, 9.17) is 16.7 Å². The van der Waals surface area contributed by atoms with E-state index in [1.165, 1.54) is 12.1 Å². The average Bonchev–Trinajstić information content (AvgIpc) is 2.57. The highest BCUT2D eigenvalue weighted by molar-refractivity contribution is 6.30. The Balaban J connectivity index is 2.41.